The third kappa shape index (κ3) is 1.44. The Morgan fingerprint density at radius 2 is 2.00 bits per heavy atom. The normalized spacial score (nSPS) is 29.5. The van der Waals surface area contributed by atoms with Crippen LogP contribution in [0.4, 0.5) is 4.79 Å². The van der Waals surface area contributed by atoms with E-state index in [1.807, 2.05) is 4.90 Å². The highest BCUT2D eigenvalue weighted by Gasteiger charge is 2.38. The van der Waals surface area contributed by atoms with E-state index < -0.39 is 0 Å². The van der Waals surface area contributed by atoms with E-state index in [2.05, 4.69) is 4.98 Å². The molecular formula is C11H15N3O. The van der Waals surface area contributed by atoms with Gasteiger partial charge >= 0.3 is 6.03 Å². The fourth-order valence-electron chi connectivity index (χ4n) is 2.93. The minimum atomic E-state index is 0.0851. The van der Waals surface area contributed by atoms with Gasteiger partial charge in [0.2, 0.25) is 0 Å². The number of amides is 1. The second-order valence-corrected chi connectivity index (χ2v) is 4.61. The smallest absolute Gasteiger partial charge is 0.323 e. The summed E-state index contributed by atoms with van der Waals surface area (Å²) in [6.07, 6.45) is 8.90. The number of hydrogen-bond acceptors (Lipinski definition) is 2. The van der Waals surface area contributed by atoms with Gasteiger partial charge in [-0.1, -0.05) is 6.42 Å². The van der Waals surface area contributed by atoms with Crippen LogP contribution in [0.15, 0.2) is 18.7 Å². The first kappa shape index (κ1) is 8.95. The van der Waals surface area contributed by atoms with Crippen LogP contribution in [0.3, 0.4) is 0 Å². The van der Waals surface area contributed by atoms with Crippen LogP contribution < -0.4 is 0 Å². The molecule has 0 N–H and O–H groups in total. The molecule has 1 saturated carbocycles. The lowest BCUT2D eigenvalue weighted by Gasteiger charge is -2.16. The van der Waals surface area contributed by atoms with E-state index in [1.165, 1.54) is 19.3 Å². The first-order valence-corrected chi connectivity index (χ1v) is 5.62. The van der Waals surface area contributed by atoms with Crippen LogP contribution in [0.5, 0.6) is 0 Å². The number of imidazole rings is 1. The Balaban J connectivity index is 1.72. The van der Waals surface area contributed by atoms with Crippen LogP contribution in [0.25, 0.3) is 0 Å². The van der Waals surface area contributed by atoms with Crippen LogP contribution in [0.2, 0.25) is 0 Å². The molecule has 1 aliphatic heterocycles. The minimum absolute atomic E-state index is 0.0851. The summed E-state index contributed by atoms with van der Waals surface area (Å²) in [5.74, 6) is 1.52. The van der Waals surface area contributed by atoms with Gasteiger partial charge in [0.25, 0.3) is 0 Å². The Morgan fingerprint density at radius 3 is 2.60 bits per heavy atom. The van der Waals surface area contributed by atoms with Crippen molar-refractivity contribution in [2.24, 2.45) is 11.8 Å². The molecule has 2 heterocycles. The number of carbonyl (C=O) groups is 1. The second kappa shape index (κ2) is 3.36. The van der Waals surface area contributed by atoms with Gasteiger partial charge in [-0.15, -0.1) is 0 Å². The summed E-state index contributed by atoms with van der Waals surface area (Å²) in [5, 5.41) is 0. The molecule has 0 radical (unpaired) electrons. The van der Waals surface area contributed by atoms with Crippen molar-refractivity contribution in [2.45, 2.75) is 19.3 Å². The maximum Gasteiger partial charge on any atom is 0.329 e. The zero-order valence-electron chi connectivity index (χ0n) is 8.67. The molecule has 0 spiro atoms. The molecule has 0 bridgehead atoms. The van der Waals surface area contributed by atoms with Crippen molar-refractivity contribution in [2.75, 3.05) is 13.1 Å². The van der Waals surface area contributed by atoms with Gasteiger partial charge in [-0.2, -0.15) is 0 Å². The van der Waals surface area contributed by atoms with E-state index in [4.69, 9.17) is 0 Å². The Kier molecular flexibility index (Phi) is 2.01. The SMILES string of the molecule is O=C(N1CC2CCCC2C1)n1ccnc1. The van der Waals surface area contributed by atoms with Crippen LogP contribution in [0.1, 0.15) is 19.3 Å². The van der Waals surface area contributed by atoms with Gasteiger partial charge in [0, 0.05) is 25.5 Å². The Morgan fingerprint density at radius 1 is 1.27 bits per heavy atom. The zero-order valence-corrected chi connectivity index (χ0v) is 8.67. The lowest BCUT2D eigenvalue weighted by Crippen LogP contribution is -2.32. The average molecular weight is 205 g/mol. The highest BCUT2D eigenvalue weighted by molar-refractivity contribution is 5.77. The molecule has 1 amide bonds. The van der Waals surface area contributed by atoms with Gasteiger partial charge in [0.05, 0.1) is 0 Å². The number of carbonyl (C=O) groups excluding carboxylic acids is 1. The standard InChI is InChI=1S/C11H15N3O/c15-11(13-5-4-12-8-13)14-6-9-2-1-3-10(9)7-14/h4-5,8-10H,1-3,6-7H2. The lowest BCUT2D eigenvalue weighted by molar-refractivity contribution is 0.206. The van der Waals surface area contributed by atoms with Crippen molar-refractivity contribution in [3.63, 3.8) is 0 Å². The van der Waals surface area contributed by atoms with Crippen molar-refractivity contribution in [3.8, 4) is 0 Å². The maximum absolute atomic E-state index is 12.0. The van der Waals surface area contributed by atoms with Crippen LogP contribution in [-0.2, 0) is 0 Å². The average Bonchev–Trinajstić information content (AvgIpc) is 2.92. The summed E-state index contributed by atoms with van der Waals surface area (Å²) in [6, 6.07) is 0.0851. The number of nitrogens with zero attached hydrogens (tertiary/aromatic N) is 3. The third-order valence-electron chi connectivity index (χ3n) is 3.72. The molecule has 15 heavy (non-hydrogen) atoms. The van der Waals surface area contributed by atoms with Crippen LogP contribution in [0, 0.1) is 11.8 Å². The first-order valence-electron chi connectivity index (χ1n) is 5.62. The molecule has 80 valence electrons. The quantitative estimate of drug-likeness (QED) is 0.645. The molecule has 0 aromatic carbocycles. The molecular weight excluding hydrogens is 190 g/mol. The van der Waals surface area contributed by atoms with Crippen molar-refractivity contribution in [3.05, 3.63) is 18.7 Å². The molecule has 2 fully saturated rings. The number of rotatable bonds is 0. The molecule has 2 atom stereocenters. The van der Waals surface area contributed by atoms with Crippen molar-refractivity contribution in [1.29, 1.82) is 0 Å². The first-order chi connectivity index (χ1) is 7.34. The summed E-state index contributed by atoms with van der Waals surface area (Å²) < 4.78 is 1.57. The Hall–Kier alpha value is -1.32. The molecule has 2 aliphatic rings. The topological polar surface area (TPSA) is 38.1 Å². The summed E-state index contributed by atoms with van der Waals surface area (Å²) in [4.78, 5) is 17.9. The molecule has 1 aromatic heterocycles. The van der Waals surface area contributed by atoms with Gasteiger partial charge < -0.3 is 4.90 Å². The predicted molar refractivity (Wildman–Crippen MR) is 55.4 cm³/mol. The third-order valence-corrected chi connectivity index (χ3v) is 3.72. The second-order valence-electron chi connectivity index (χ2n) is 4.61. The molecule has 2 unspecified atom stereocenters. The van der Waals surface area contributed by atoms with E-state index >= 15 is 0 Å². The zero-order chi connectivity index (χ0) is 10.3. The number of hydrogen-bond donors (Lipinski definition) is 0. The number of fused-ring (bicyclic) bond motifs is 1. The van der Waals surface area contributed by atoms with E-state index in [-0.39, 0.29) is 6.03 Å². The lowest BCUT2D eigenvalue weighted by atomic mass is 10.0. The van der Waals surface area contributed by atoms with Gasteiger partial charge in [0.1, 0.15) is 6.33 Å². The number of likely N-dealkylation sites (tertiary alicyclic amines) is 1. The maximum atomic E-state index is 12.0. The molecule has 1 aromatic rings. The van der Waals surface area contributed by atoms with Crippen LogP contribution >= 0.6 is 0 Å². The monoisotopic (exact) mass is 205 g/mol. The van der Waals surface area contributed by atoms with Gasteiger partial charge in [-0.05, 0) is 24.7 Å². The predicted octanol–water partition coefficient (Wildman–Crippen LogP) is 1.58. The summed E-state index contributed by atoms with van der Waals surface area (Å²) in [7, 11) is 0. The molecule has 3 rings (SSSR count). The summed E-state index contributed by atoms with van der Waals surface area (Å²) in [5.41, 5.74) is 0. The number of aromatic nitrogens is 2. The Labute approximate surface area is 88.9 Å². The van der Waals surface area contributed by atoms with E-state index in [0.717, 1.165) is 24.9 Å². The highest BCUT2D eigenvalue weighted by atomic mass is 16.2. The minimum Gasteiger partial charge on any atom is -0.323 e. The van der Waals surface area contributed by atoms with E-state index in [0.29, 0.717) is 0 Å². The molecule has 1 saturated heterocycles. The van der Waals surface area contributed by atoms with Crippen molar-refractivity contribution in [1.82, 2.24) is 14.5 Å². The fraction of sp³-hybridized carbons (Fsp3) is 0.636. The summed E-state index contributed by atoms with van der Waals surface area (Å²) >= 11 is 0. The van der Waals surface area contributed by atoms with Gasteiger partial charge in [-0.3, -0.25) is 4.57 Å². The van der Waals surface area contributed by atoms with Gasteiger partial charge in [0.15, 0.2) is 0 Å². The van der Waals surface area contributed by atoms with Crippen molar-refractivity contribution >= 4 is 6.03 Å². The van der Waals surface area contributed by atoms with Crippen LogP contribution in [-0.4, -0.2) is 33.6 Å². The highest BCUT2D eigenvalue weighted by Crippen LogP contribution is 2.37. The van der Waals surface area contributed by atoms with Gasteiger partial charge in [-0.25, -0.2) is 9.78 Å². The molecule has 4 heteroatoms. The Bertz CT molecular complexity index is 348. The van der Waals surface area contributed by atoms with E-state index in [1.54, 1.807) is 23.3 Å². The van der Waals surface area contributed by atoms with E-state index in [9.17, 15) is 4.79 Å². The summed E-state index contributed by atoms with van der Waals surface area (Å²) in [6.45, 7) is 1.89. The van der Waals surface area contributed by atoms with Crippen molar-refractivity contribution < 1.29 is 4.79 Å². The molecule has 4 nitrogen and oxygen atoms in total. The fourth-order valence-corrected chi connectivity index (χ4v) is 2.93. The largest absolute Gasteiger partial charge is 0.329 e. The molecule has 1 aliphatic carbocycles.